The van der Waals surface area contributed by atoms with Crippen LogP contribution in [0.15, 0.2) is 36.8 Å². The second-order valence-corrected chi connectivity index (χ2v) is 9.39. The maximum Gasteiger partial charge on any atom is 0.197 e. The summed E-state index contributed by atoms with van der Waals surface area (Å²) >= 11 is 0. The molecule has 1 N–H and O–H groups in total. The molecule has 6 heteroatoms. The summed E-state index contributed by atoms with van der Waals surface area (Å²) in [6.07, 6.45) is 4.73. The van der Waals surface area contributed by atoms with E-state index in [9.17, 15) is 0 Å². The predicted octanol–water partition coefficient (Wildman–Crippen LogP) is 4.89. The summed E-state index contributed by atoms with van der Waals surface area (Å²) in [7, 11) is 1.68. The molecule has 31 heavy (non-hydrogen) atoms. The second-order valence-electron chi connectivity index (χ2n) is 9.39. The van der Waals surface area contributed by atoms with Crippen LogP contribution in [0, 0.1) is 5.92 Å². The van der Waals surface area contributed by atoms with Gasteiger partial charge < -0.3 is 14.6 Å². The number of hydrogen-bond acceptors (Lipinski definition) is 4. The number of rotatable bonds is 6. The Morgan fingerprint density at radius 3 is 2.68 bits per heavy atom. The van der Waals surface area contributed by atoms with Crippen molar-refractivity contribution in [1.29, 1.82) is 0 Å². The van der Waals surface area contributed by atoms with Crippen molar-refractivity contribution in [3.63, 3.8) is 0 Å². The number of nitrogens with one attached hydrogen (secondary N) is 1. The van der Waals surface area contributed by atoms with Gasteiger partial charge in [0.15, 0.2) is 11.4 Å². The van der Waals surface area contributed by atoms with Crippen LogP contribution in [0.3, 0.4) is 0 Å². The molecule has 0 spiro atoms. The third kappa shape index (κ3) is 3.49. The zero-order valence-electron chi connectivity index (χ0n) is 19.0. The summed E-state index contributed by atoms with van der Waals surface area (Å²) < 4.78 is 7.37. The number of pyridine rings is 1. The number of hydrogen-bond donors (Lipinski definition) is 1. The lowest BCUT2D eigenvalue weighted by atomic mass is 9.89. The fourth-order valence-electron chi connectivity index (χ4n) is 4.89. The van der Waals surface area contributed by atoms with E-state index in [1.165, 1.54) is 35.1 Å². The van der Waals surface area contributed by atoms with E-state index in [2.05, 4.69) is 71.9 Å². The average Bonchev–Trinajstić information content (AvgIpc) is 3.33. The topological polar surface area (TPSA) is 58.5 Å². The highest BCUT2D eigenvalue weighted by Crippen LogP contribution is 2.38. The van der Waals surface area contributed by atoms with Crippen molar-refractivity contribution in [2.75, 3.05) is 20.2 Å². The number of aromatic nitrogens is 4. The van der Waals surface area contributed by atoms with Crippen molar-refractivity contribution in [3.8, 4) is 17.0 Å². The smallest absolute Gasteiger partial charge is 0.197 e. The molecule has 0 radical (unpaired) electrons. The van der Waals surface area contributed by atoms with Crippen molar-refractivity contribution in [3.05, 3.63) is 47.9 Å². The van der Waals surface area contributed by atoms with Crippen molar-refractivity contribution < 1.29 is 4.74 Å². The summed E-state index contributed by atoms with van der Waals surface area (Å²) in [6.45, 7) is 11.5. The molecule has 0 bridgehead atoms. The first-order chi connectivity index (χ1) is 14.9. The molecule has 0 amide bonds. The average molecular weight is 418 g/mol. The number of benzene rings is 1. The summed E-state index contributed by atoms with van der Waals surface area (Å²) in [4.78, 5) is 10.5. The van der Waals surface area contributed by atoms with E-state index in [-0.39, 0.29) is 0 Å². The molecule has 0 atom stereocenters. The molecule has 162 valence electrons. The first kappa shape index (κ1) is 20.1. The van der Waals surface area contributed by atoms with Crippen molar-refractivity contribution in [2.45, 2.75) is 46.1 Å². The number of H-pyrrole nitrogens is 1. The predicted molar refractivity (Wildman–Crippen MR) is 125 cm³/mol. The van der Waals surface area contributed by atoms with Crippen molar-refractivity contribution in [1.82, 2.24) is 24.5 Å². The normalized spacial score (nSPS) is 15.5. The van der Waals surface area contributed by atoms with Crippen LogP contribution >= 0.6 is 0 Å². The van der Waals surface area contributed by atoms with E-state index in [4.69, 9.17) is 4.74 Å². The Morgan fingerprint density at radius 1 is 1.16 bits per heavy atom. The van der Waals surface area contributed by atoms with Gasteiger partial charge in [-0.2, -0.15) is 5.10 Å². The summed E-state index contributed by atoms with van der Waals surface area (Å²) in [6, 6.07) is 9.62. The number of likely N-dealkylation sites (tertiary alicyclic amines) is 1. The largest absolute Gasteiger partial charge is 0.493 e. The molecule has 0 saturated carbocycles. The SMILES string of the molecule is COc1cc(-c2[nH]c3ccc(CC4CN(C(C)C)C4)cc3c2C(C)C)cn2ncnc12. The van der Waals surface area contributed by atoms with Gasteiger partial charge in [0.25, 0.3) is 0 Å². The van der Waals surface area contributed by atoms with E-state index >= 15 is 0 Å². The van der Waals surface area contributed by atoms with Crippen LogP contribution < -0.4 is 4.74 Å². The van der Waals surface area contributed by atoms with Crippen molar-refractivity contribution >= 4 is 16.6 Å². The molecule has 6 nitrogen and oxygen atoms in total. The first-order valence-electron chi connectivity index (χ1n) is 11.2. The molecule has 1 aliphatic heterocycles. The first-order valence-corrected chi connectivity index (χ1v) is 11.2. The lowest BCUT2D eigenvalue weighted by molar-refractivity contribution is 0.0681. The highest BCUT2D eigenvalue weighted by molar-refractivity contribution is 5.92. The Labute approximate surface area is 183 Å². The molecule has 4 heterocycles. The van der Waals surface area contributed by atoms with Gasteiger partial charge in [-0.3, -0.25) is 0 Å². The molecule has 5 rings (SSSR count). The Kier molecular flexibility index (Phi) is 4.97. The molecule has 4 aromatic rings. The highest BCUT2D eigenvalue weighted by Gasteiger charge is 2.28. The van der Waals surface area contributed by atoms with Gasteiger partial charge in [0, 0.05) is 41.8 Å². The van der Waals surface area contributed by atoms with E-state index < -0.39 is 0 Å². The summed E-state index contributed by atoms with van der Waals surface area (Å²) in [5, 5.41) is 5.65. The molecule has 0 aliphatic carbocycles. The number of nitrogens with zero attached hydrogens (tertiary/aromatic N) is 4. The minimum atomic E-state index is 0.386. The number of fused-ring (bicyclic) bond motifs is 2. The van der Waals surface area contributed by atoms with Crippen LogP contribution in [0.1, 0.15) is 44.7 Å². The fraction of sp³-hybridized carbons (Fsp3) is 0.440. The minimum absolute atomic E-state index is 0.386. The third-order valence-corrected chi connectivity index (χ3v) is 6.57. The van der Waals surface area contributed by atoms with Crippen LogP contribution in [0.5, 0.6) is 5.75 Å². The van der Waals surface area contributed by atoms with Crippen LogP contribution in [-0.2, 0) is 6.42 Å². The number of ether oxygens (including phenoxy) is 1. The fourth-order valence-corrected chi connectivity index (χ4v) is 4.89. The van der Waals surface area contributed by atoms with Gasteiger partial charge >= 0.3 is 0 Å². The Balaban J connectivity index is 1.54. The quantitative estimate of drug-likeness (QED) is 0.485. The van der Waals surface area contributed by atoms with E-state index in [1.54, 1.807) is 18.0 Å². The highest BCUT2D eigenvalue weighted by atomic mass is 16.5. The number of methoxy groups -OCH3 is 1. The zero-order chi connectivity index (χ0) is 21.7. The molecular weight excluding hydrogens is 386 g/mol. The molecular formula is C25H31N5O. The van der Waals surface area contributed by atoms with Gasteiger partial charge in [-0.15, -0.1) is 0 Å². The standard InChI is InChI=1S/C25H31N5O/c1-15(2)23-20-9-17(8-18-11-29(12-18)16(3)4)6-7-21(20)28-24(23)19-10-22(31-5)25-26-14-27-30(25)13-19/h6-7,9-10,13-16,18,28H,8,11-12H2,1-5H3. The van der Waals surface area contributed by atoms with Crippen LogP contribution in [0.4, 0.5) is 0 Å². The Morgan fingerprint density at radius 2 is 1.97 bits per heavy atom. The van der Waals surface area contributed by atoms with Gasteiger partial charge in [-0.05, 0) is 61.4 Å². The molecule has 1 aromatic carbocycles. The van der Waals surface area contributed by atoms with Gasteiger partial charge in [-0.25, -0.2) is 9.50 Å². The molecule has 1 saturated heterocycles. The monoisotopic (exact) mass is 417 g/mol. The van der Waals surface area contributed by atoms with Gasteiger partial charge in [0.05, 0.1) is 12.8 Å². The lowest BCUT2D eigenvalue weighted by Gasteiger charge is -2.42. The van der Waals surface area contributed by atoms with E-state index in [0.717, 1.165) is 35.0 Å². The Hall–Kier alpha value is -2.86. The molecule has 3 aromatic heterocycles. The molecule has 1 fully saturated rings. The maximum absolute atomic E-state index is 5.59. The summed E-state index contributed by atoms with van der Waals surface area (Å²) in [5.74, 6) is 1.88. The molecule has 0 unspecified atom stereocenters. The van der Waals surface area contributed by atoms with Gasteiger partial charge in [-0.1, -0.05) is 19.9 Å². The van der Waals surface area contributed by atoms with Crippen molar-refractivity contribution in [2.24, 2.45) is 5.92 Å². The second kappa shape index (κ2) is 7.68. The van der Waals surface area contributed by atoms with Gasteiger partial charge in [0.2, 0.25) is 0 Å². The van der Waals surface area contributed by atoms with Crippen LogP contribution in [0.2, 0.25) is 0 Å². The number of aromatic amines is 1. The zero-order valence-corrected chi connectivity index (χ0v) is 19.0. The lowest BCUT2D eigenvalue weighted by Crippen LogP contribution is -2.50. The molecule has 1 aliphatic rings. The van der Waals surface area contributed by atoms with Crippen LogP contribution in [0.25, 0.3) is 27.8 Å². The van der Waals surface area contributed by atoms with E-state index in [1.807, 2.05) is 6.20 Å². The maximum atomic E-state index is 5.59. The van der Waals surface area contributed by atoms with E-state index in [0.29, 0.717) is 12.0 Å². The van der Waals surface area contributed by atoms with Crippen LogP contribution in [-0.4, -0.2) is 50.7 Å². The minimum Gasteiger partial charge on any atom is -0.493 e. The summed E-state index contributed by atoms with van der Waals surface area (Å²) in [5.41, 5.74) is 6.87. The Bertz CT molecular complexity index is 1230. The third-order valence-electron chi connectivity index (χ3n) is 6.57. The van der Waals surface area contributed by atoms with Gasteiger partial charge in [0.1, 0.15) is 6.33 Å².